The van der Waals surface area contributed by atoms with Gasteiger partial charge in [-0.1, -0.05) is 18.2 Å². The van der Waals surface area contributed by atoms with Crippen LogP contribution in [0, 0.1) is 17.5 Å². The van der Waals surface area contributed by atoms with Gasteiger partial charge in [0.05, 0.1) is 10.9 Å². The average Bonchev–Trinajstić information content (AvgIpc) is 2.36. The Labute approximate surface area is 100 Å². The molecule has 0 bridgehead atoms. The van der Waals surface area contributed by atoms with Crippen molar-refractivity contribution in [3.05, 3.63) is 59.9 Å². The Morgan fingerprint density at radius 1 is 0.824 bits per heavy atom. The fourth-order valence-electron chi connectivity index (χ4n) is 1.50. The Balaban J connectivity index is 2.45. The number of hydrogen-bond donors (Lipinski definition) is 0. The summed E-state index contributed by atoms with van der Waals surface area (Å²) in [5, 5.41) is 0. The van der Waals surface area contributed by atoms with Crippen LogP contribution in [0.1, 0.15) is 0 Å². The van der Waals surface area contributed by atoms with Crippen molar-refractivity contribution in [1.29, 1.82) is 0 Å². The van der Waals surface area contributed by atoms with Crippen LogP contribution in [-0.2, 0) is 10.9 Å². The summed E-state index contributed by atoms with van der Waals surface area (Å²) in [7, 11) is -0.609. The molecule has 1 unspecified atom stereocenters. The first-order valence-electron chi connectivity index (χ1n) is 4.95. The molecular weight excluding hydrogens is 245 g/mol. The lowest BCUT2D eigenvalue weighted by atomic mass is 10.3. The minimum Gasteiger partial charge on any atom is -0.204 e. The lowest BCUT2D eigenvalue weighted by molar-refractivity contribution is 0.435. The smallest absolute Gasteiger partial charge is 0.204 e. The second-order valence-electron chi connectivity index (χ2n) is 3.50. The molecule has 88 valence electrons. The van der Waals surface area contributed by atoms with Crippen molar-refractivity contribution in [2.24, 2.45) is 0 Å². The molecule has 17 heavy (non-hydrogen) atoms. The van der Waals surface area contributed by atoms with E-state index in [1.54, 1.807) is 6.26 Å². The van der Waals surface area contributed by atoms with Gasteiger partial charge in [0.25, 0.3) is 0 Å². The monoisotopic (exact) mass is 255 g/mol. The summed E-state index contributed by atoms with van der Waals surface area (Å²) < 4.78 is 39.5. The van der Waals surface area contributed by atoms with Gasteiger partial charge in [0, 0.05) is 0 Å². The van der Waals surface area contributed by atoms with Crippen LogP contribution in [0.2, 0.25) is 0 Å². The first kappa shape index (κ1) is 12.0. The van der Waals surface area contributed by atoms with E-state index in [4.69, 9.17) is 0 Å². The van der Waals surface area contributed by atoms with Gasteiger partial charge in [-0.25, -0.2) is 8.78 Å². The molecule has 0 saturated heterocycles. The van der Waals surface area contributed by atoms with Gasteiger partial charge in [0.15, 0.2) is 21.4 Å². The average molecular weight is 255 g/mol. The van der Waals surface area contributed by atoms with Gasteiger partial charge >= 0.3 is 0 Å². The molecule has 2 rings (SSSR count). The fraction of sp³-hybridized carbons (Fsp3) is 0.0769. The standard InChI is InChI=1S/C13H10F3S/c1-17(9-5-3-2-4-6-9)11-8-7-10(14)12(15)13(11)16/h2-8H,1H3/q+1. The van der Waals surface area contributed by atoms with E-state index in [0.717, 1.165) is 11.0 Å². The van der Waals surface area contributed by atoms with Crippen LogP contribution >= 0.6 is 0 Å². The highest BCUT2D eigenvalue weighted by Gasteiger charge is 2.27. The zero-order chi connectivity index (χ0) is 12.4. The molecule has 0 saturated carbocycles. The van der Waals surface area contributed by atoms with Gasteiger partial charge < -0.3 is 0 Å². The largest absolute Gasteiger partial charge is 0.217 e. The van der Waals surface area contributed by atoms with Crippen molar-refractivity contribution in [2.75, 3.05) is 6.26 Å². The number of halogens is 3. The maximum Gasteiger partial charge on any atom is 0.217 e. The van der Waals surface area contributed by atoms with Crippen LogP contribution in [-0.4, -0.2) is 6.26 Å². The molecule has 1 atom stereocenters. The summed E-state index contributed by atoms with van der Waals surface area (Å²) in [4.78, 5) is 1.08. The Kier molecular flexibility index (Phi) is 3.43. The zero-order valence-electron chi connectivity index (χ0n) is 9.08. The topological polar surface area (TPSA) is 0 Å². The summed E-state index contributed by atoms with van der Waals surface area (Å²) in [6.07, 6.45) is 1.78. The summed E-state index contributed by atoms with van der Waals surface area (Å²) in [5.74, 6) is -3.66. The molecule has 0 amide bonds. The fourth-order valence-corrected chi connectivity index (χ4v) is 2.95. The molecule has 2 aromatic carbocycles. The van der Waals surface area contributed by atoms with Crippen LogP contribution in [0.3, 0.4) is 0 Å². The molecule has 0 aliphatic carbocycles. The molecule has 0 aliphatic heterocycles. The lowest BCUT2D eigenvalue weighted by Gasteiger charge is -2.04. The molecule has 2 aromatic rings. The number of hydrogen-bond acceptors (Lipinski definition) is 0. The van der Waals surface area contributed by atoms with Gasteiger partial charge in [-0.15, -0.1) is 0 Å². The van der Waals surface area contributed by atoms with Crippen molar-refractivity contribution >= 4 is 10.9 Å². The Bertz CT molecular complexity index is 526. The van der Waals surface area contributed by atoms with E-state index in [0.29, 0.717) is 0 Å². The van der Waals surface area contributed by atoms with Crippen molar-refractivity contribution in [3.63, 3.8) is 0 Å². The summed E-state index contributed by atoms with van der Waals surface area (Å²) in [6, 6.07) is 11.4. The third kappa shape index (κ3) is 2.31. The van der Waals surface area contributed by atoms with Crippen molar-refractivity contribution in [3.8, 4) is 0 Å². The molecule has 0 nitrogen and oxygen atoms in total. The SMILES string of the molecule is C[S+](c1ccccc1)c1ccc(F)c(F)c1F. The van der Waals surface area contributed by atoms with E-state index in [-0.39, 0.29) is 4.90 Å². The predicted molar refractivity (Wildman–Crippen MR) is 62.6 cm³/mol. The van der Waals surface area contributed by atoms with Crippen LogP contribution < -0.4 is 0 Å². The predicted octanol–water partition coefficient (Wildman–Crippen LogP) is 3.77. The molecule has 4 heteroatoms. The minimum atomic E-state index is -1.40. The first-order chi connectivity index (χ1) is 8.11. The van der Waals surface area contributed by atoms with Gasteiger partial charge in [0.1, 0.15) is 6.26 Å². The Morgan fingerprint density at radius 3 is 2.12 bits per heavy atom. The summed E-state index contributed by atoms with van der Waals surface area (Å²) >= 11 is 0. The number of benzene rings is 2. The number of rotatable bonds is 2. The van der Waals surface area contributed by atoms with Crippen molar-refractivity contribution in [2.45, 2.75) is 9.79 Å². The van der Waals surface area contributed by atoms with Crippen LogP contribution in [0.4, 0.5) is 13.2 Å². The summed E-state index contributed by atoms with van der Waals surface area (Å²) in [5.41, 5.74) is 0. The highest BCUT2D eigenvalue weighted by molar-refractivity contribution is 7.96. The molecule has 0 aromatic heterocycles. The van der Waals surface area contributed by atoms with Crippen molar-refractivity contribution < 1.29 is 13.2 Å². The van der Waals surface area contributed by atoms with Crippen LogP contribution in [0.5, 0.6) is 0 Å². The molecule has 0 spiro atoms. The Hall–Kier alpha value is -1.42. The van der Waals surface area contributed by atoms with Gasteiger partial charge in [-0.2, -0.15) is 4.39 Å². The van der Waals surface area contributed by atoms with Gasteiger partial charge in [0.2, 0.25) is 5.82 Å². The molecule has 0 heterocycles. The zero-order valence-corrected chi connectivity index (χ0v) is 9.90. The second-order valence-corrected chi connectivity index (χ2v) is 5.43. The van der Waals surface area contributed by atoms with E-state index in [1.807, 2.05) is 30.3 Å². The van der Waals surface area contributed by atoms with E-state index in [9.17, 15) is 13.2 Å². The highest BCUT2D eigenvalue weighted by atomic mass is 32.2. The van der Waals surface area contributed by atoms with E-state index < -0.39 is 28.3 Å². The molecule has 0 N–H and O–H groups in total. The third-order valence-corrected chi connectivity index (χ3v) is 4.38. The highest BCUT2D eigenvalue weighted by Crippen LogP contribution is 2.25. The Morgan fingerprint density at radius 2 is 1.47 bits per heavy atom. The molecule has 0 radical (unpaired) electrons. The summed E-state index contributed by atoms with van der Waals surface area (Å²) in [6.45, 7) is 0. The van der Waals surface area contributed by atoms with E-state index in [1.165, 1.54) is 6.07 Å². The van der Waals surface area contributed by atoms with E-state index in [2.05, 4.69) is 0 Å². The normalized spacial score (nSPS) is 12.5. The molecular formula is C13H10F3S+. The first-order valence-corrected chi connectivity index (χ1v) is 6.59. The van der Waals surface area contributed by atoms with Crippen LogP contribution in [0.15, 0.2) is 52.3 Å². The quantitative estimate of drug-likeness (QED) is 0.566. The molecule has 0 aliphatic rings. The molecule has 0 fully saturated rings. The maximum atomic E-state index is 13.6. The van der Waals surface area contributed by atoms with Gasteiger partial charge in [-0.3, -0.25) is 0 Å². The minimum absolute atomic E-state index is 0.190. The third-order valence-electron chi connectivity index (χ3n) is 2.43. The van der Waals surface area contributed by atoms with Crippen molar-refractivity contribution in [1.82, 2.24) is 0 Å². The second kappa shape index (κ2) is 4.84. The van der Waals surface area contributed by atoms with Crippen LogP contribution in [0.25, 0.3) is 0 Å². The lowest BCUT2D eigenvalue weighted by Crippen LogP contribution is -2.06. The maximum absolute atomic E-state index is 13.6. The van der Waals surface area contributed by atoms with E-state index >= 15 is 0 Å². The van der Waals surface area contributed by atoms with Gasteiger partial charge in [-0.05, 0) is 24.3 Å².